The number of carbonyl (C=O) groups is 1. The average molecular weight is 459 g/mol. The highest BCUT2D eigenvalue weighted by atomic mass is 16.5. The van der Waals surface area contributed by atoms with Crippen LogP contribution >= 0.6 is 0 Å². The van der Waals surface area contributed by atoms with Crippen LogP contribution in [0, 0.1) is 46.3 Å². The number of hydrogen-bond acceptors (Lipinski definition) is 3. The van der Waals surface area contributed by atoms with E-state index in [1.54, 1.807) is 5.57 Å². The first-order valence-electron chi connectivity index (χ1n) is 14.2. The fourth-order valence-electron chi connectivity index (χ4n) is 9.03. The second kappa shape index (κ2) is 9.67. The summed E-state index contributed by atoms with van der Waals surface area (Å²) < 4.78 is 5.78. The molecule has 3 heteroatoms. The Hall–Kier alpha value is -0.830. The lowest BCUT2D eigenvalue weighted by Gasteiger charge is -2.58. The van der Waals surface area contributed by atoms with Crippen LogP contribution < -0.4 is 0 Å². The monoisotopic (exact) mass is 458 g/mol. The van der Waals surface area contributed by atoms with E-state index in [0.717, 1.165) is 42.9 Å². The molecule has 0 aromatic carbocycles. The molecule has 3 saturated carbocycles. The predicted octanol–water partition coefficient (Wildman–Crippen LogP) is 7.32. The number of ether oxygens (including phenoxy) is 1. The fourth-order valence-corrected chi connectivity index (χ4v) is 9.03. The van der Waals surface area contributed by atoms with Gasteiger partial charge in [0.15, 0.2) is 0 Å². The van der Waals surface area contributed by atoms with Crippen LogP contribution in [0.4, 0.5) is 0 Å². The largest absolute Gasteiger partial charge is 0.462 e. The number of carbonyl (C=O) groups excluding carboxylic acids is 1. The SMILES string of the molecule is CCC(=O)O[C@@H](CC[C@@H](C)[C@H]1CC[C@H]2[C@@H]3CC=C4C[C@@H](O)CC[C@]4(C)[C@H]3CC[C@]12C)C(C)C. The molecular weight excluding hydrogens is 408 g/mol. The van der Waals surface area contributed by atoms with Crippen LogP contribution in [0.5, 0.6) is 0 Å². The number of allylic oxidation sites excluding steroid dienone is 1. The van der Waals surface area contributed by atoms with E-state index >= 15 is 0 Å². The number of aliphatic hydroxyl groups is 1. The molecule has 0 aromatic heterocycles. The first-order chi connectivity index (χ1) is 15.6. The Morgan fingerprint density at radius 3 is 2.55 bits per heavy atom. The quantitative estimate of drug-likeness (QED) is 0.321. The summed E-state index contributed by atoms with van der Waals surface area (Å²) in [5.74, 6) is 4.31. The molecule has 1 N–H and O–H groups in total. The van der Waals surface area contributed by atoms with E-state index < -0.39 is 0 Å². The summed E-state index contributed by atoms with van der Waals surface area (Å²) in [6, 6.07) is 0. The molecule has 0 spiro atoms. The van der Waals surface area contributed by atoms with Gasteiger partial charge >= 0.3 is 5.97 Å². The van der Waals surface area contributed by atoms with Crippen molar-refractivity contribution in [2.45, 2.75) is 124 Å². The van der Waals surface area contributed by atoms with Gasteiger partial charge in [-0.1, -0.05) is 53.2 Å². The molecule has 0 aromatic rings. The molecule has 0 saturated heterocycles. The number of hydrogen-bond donors (Lipinski definition) is 1. The van der Waals surface area contributed by atoms with Gasteiger partial charge in [-0.15, -0.1) is 0 Å². The highest BCUT2D eigenvalue weighted by Crippen LogP contribution is 2.67. The second-order valence-electron chi connectivity index (χ2n) is 13.1. The first kappa shape index (κ1) is 25.3. The van der Waals surface area contributed by atoms with Gasteiger partial charge in [0.05, 0.1) is 6.10 Å². The summed E-state index contributed by atoms with van der Waals surface area (Å²) in [7, 11) is 0. The van der Waals surface area contributed by atoms with Crippen molar-refractivity contribution in [1.29, 1.82) is 0 Å². The van der Waals surface area contributed by atoms with Crippen molar-refractivity contribution >= 4 is 5.97 Å². The Balaban J connectivity index is 1.44. The number of esters is 1. The summed E-state index contributed by atoms with van der Waals surface area (Å²) in [4.78, 5) is 11.9. The van der Waals surface area contributed by atoms with Gasteiger partial charge in [-0.05, 0) is 111 Å². The van der Waals surface area contributed by atoms with Gasteiger partial charge in [0.2, 0.25) is 0 Å². The van der Waals surface area contributed by atoms with E-state index in [1.807, 2.05) is 6.92 Å². The van der Waals surface area contributed by atoms with Gasteiger partial charge in [0.1, 0.15) is 6.10 Å². The van der Waals surface area contributed by atoms with Crippen molar-refractivity contribution < 1.29 is 14.6 Å². The summed E-state index contributed by atoms with van der Waals surface area (Å²) in [5.41, 5.74) is 2.38. The maximum Gasteiger partial charge on any atom is 0.305 e. The van der Waals surface area contributed by atoms with Crippen LogP contribution in [0.1, 0.15) is 112 Å². The van der Waals surface area contributed by atoms with Crippen molar-refractivity contribution in [3.63, 3.8) is 0 Å². The standard InChI is InChI=1S/C30H50O3/c1-7-28(32)33-27(19(2)3)13-8-20(4)24-11-12-25-23-10-9-21-18-22(31)14-16-29(21,5)26(23)15-17-30(24,25)6/h9,19-20,22-27,31H,7-8,10-18H2,1-6H3/t20-,22+,23+,24-,25+,26+,27+,29+,30-/m1/s1. The molecule has 0 unspecified atom stereocenters. The van der Waals surface area contributed by atoms with Gasteiger partial charge < -0.3 is 9.84 Å². The normalized spacial score (nSPS) is 42.1. The van der Waals surface area contributed by atoms with E-state index in [0.29, 0.717) is 29.1 Å². The molecule has 188 valence electrons. The predicted molar refractivity (Wildman–Crippen MR) is 135 cm³/mol. The molecule has 0 bridgehead atoms. The van der Waals surface area contributed by atoms with Crippen molar-refractivity contribution in [1.82, 2.24) is 0 Å². The van der Waals surface area contributed by atoms with Crippen LogP contribution in [0.15, 0.2) is 11.6 Å². The Morgan fingerprint density at radius 2 is 1.85 bits per heavy atom. The second-order valence-corrected chi connectivity index (χ2v) is 13.1. The third kappa shape index (κ3) is 4.57. The molecule has 0 radical (unpaired) electrons. The van der Waals surface area contributed by atoms with Crippen LogP contribution in [0.25, 0.3) is 0 Å². The number of aliphatic hydroxyl groups excluding tert-OH is 1. The maximum atomic E-state index is 11.9. The highest BCUT2D eigenvalue weighted by molar-refractivity contribution is 5.69. The Kier molecular flexibility index (Phi) is 7.40. The lowest BCUT2D eigenvalue weighted by molar-refractivity contribution is -0.151. The molecule has 4 rings (SSSR count). The van der Waals surface area contributed by atoms with E-state index in [4.69, 9.17) is 4.74 Å². The first-order valence-corrected chi connectivity index (χ1v) is 14.2. The molecule has 4 aliphatic carbocycles. The summed E-state index contributed by atoms with van der Waals surface area (Å²) in [6.45, 7) is 13.9. The summed E-state index contributed by atoms with van der Waals surface area (Å²) in [5, 5.41) is 10.3. The molecule has 9 atom stereocenters. The molecule has 33 heavy (non-hydrogen) atoms. The van der Waals surface area contributed by atoms with E-state index in [2.05, 4.69) is 40.7 Å². The van der Waals surface area contributed by atoms with Crippen LogP contribution in [-0.4, -0.2) is 23.3 Å². The maximum absolute atomic E-state index is 11.9. The molecule has 0 aliphatic heterocycles. The zero-order valence-electron chi connectivity index (χ0n) is 22.2. The third-order valence-electron chi connectivity index (χ3n) is 11.1. The molecule has 0 heterocycles. The smallest absolute Gasteiger partial charge is 0.305 e. The van der Waals surface area contributed by atoms with Gasteiger partial charge in [0, 0.05) is 6.42 Å². The van der Waals surface area contributed by atoms with Crippen molar-refractivity contribution in [3.05, 3.63) is 11.6 Å². The molecule has 3 nitrogen and oxygen atoms in total. The van der Waals surface area contributed by atoms with Gasteiger partial charge in [0.25, 0.3) is 0 Å². The van der Waals surface area contributed by atoms with E-state index in [1.165, 1.54) is 44.9 Å². The highest BCUT2D eigenvalue weighted by Gasteiger charge is 2.59. The number of rotatable bonds is 7. The third-order valence-corrected chi connectivity index (χ3v) is 11.1. The summed E-state index contributed by atoms with van der Waals surface area (Å²) >= 11 is 0. The van der Waals surface area contributed by atoms with Gasteiger partial charge in [-0.3, -0.25) is 4.79 Å². The Morgan fingerprint density at radius 1 is 1.09 bits per heavy atom. The molecular formula is C30H50O3. The molecule has 0 amide bonds. The average Bonchev–Trinajstić information content (AvgIpc) is 3.13. The van der Waals surface area contributed by atoms with E-state index in [-0.39, 0.29) is 18.2 Å². The minimum Gasteiger partial charge on any atom is -0.462 e. The lowest BCUT2D eigenvalue weighted by Crippen LogP contribution is -2.50. The van der Waals surface area contributed by atoms with Gasteiger partial charge in [-0.25, -0.2) is 0 Å². The van der Waals surface area contributed by atoms with Crippen LogP contribution in [0.2, 0.25) is 0 Å². The summed E-state index contributed by atoms with van der Waals surface area (Å²) in [6.07, 6.45) is 15.0. The minimum atomic E-state index is -0.113. The van der Waals surface area contributed by atoms with Gasteiger partial charge in [-0.2, -0.15) is 0 Å². The van der Waals surface area contributed by atoms with Crippen molar-refractivity contribution in [3.8, 4) is 0 Å². The zero-order chi connectivity index (χ0) is 24.0. The fraction of sp³-hybridized carbons (Fsp3) is 0.900. The van der Waals surface area contributed by atoms with Crippen LogP contribution in [-0.2, 0) is 9.53 Å². The van der Waals surface area contributed by atoms with Crippen molar-refractivity contribution in [2.75, 3.05) is 0 Å². The zero-order valence-corrected chi connectivity index (χ0v) is 22.2. The Labute approximate surface area is 203 Å². The minimum absolute atomic E-state index is 0.0546. The van der Waals surface area contributed by atoms with Crippen molar-refractivity contribution in [2.24, 2.45) is 46.3 Å². The van der Waals surface area contributed by atoms with Crippen LogP contribution in [0.3, 0.4) is 0 Å². The van der Waals surface area contributed by atoms with E-state index in [9.17, 15) is 9.90 Å². The number of fused-ring (bicyclic) bond motifs is 5. The lowest BCUT2D eigenvalue weighted by atomic mass is 9.47. The molecule has 3 fully saturated rings. The Bertz CT molecular complexity index is 741. The molecule has 4 aliphatic rings. The topological polar surface area (TPSA) is 46.5 Å².